The number of carbonyl (C=O) groups excluding carboxylic acids is 1. The van der Waals surface area contributed by atoms with Gasteiger partial charge in [0.1, 0.15) is 0 Å². The molecule has 1 aromatic heterocycles. The second-order valence-corrected chi connectivity index (χ2v) is 7.37. The van der Waals surface area contributed by atoms with Crippen LogP contribution in [-0.4, -0.2) is 11.9 Å². The summed E-state index contributed by atoms with van der Waals surface area (Å²) in [5.41, 5.74) is 1.63. The van der Waals surface area contributed by atoms with Crippen LogP contribution in [0.3, 0.4) is 0 Å². The first-order valence-electron chi connectivity index (χ1n) is 6.85. The van der Waals surface area contributed by atoms with E-state index in [1.807, 2.05) is 38.1 Å². The molecule has 2 aromatic rings. The second-order valence-electron chi connectivity index (χ2n) is 5.18. The van der Waals surface area contributed by atoms with E-state index in [9.17, 15) is 4.79 Å². The van der Waals surface area contributed by atoms with Gasteiger partial charge in [-0.2, -0.15) is 0 Å². The SMILES string of the molecule is Cc1sc(CNc2cccc(C(=O)NC(C)C)c2)cc1Br. The van der Waals surface area contributed by atoms with Crippen molar-refractivity contribution < 1.29 is 4.79 Å². The Morgan fingerprint density at radius 2 is 2.10 bits per heavy atom. The predicted molar refractivity (Wildman–Crippen MR) is 93.1 cm³/mol. The van der Waals surface area contributed by atoms with E-state index in [0.717, 1.165) is 16.7 Å². The molecule has 1 heterocycles. The maximum atomic E-state index is 12.0. The molecule has 0 fully saturated rings. The Labute approximate surface area is 137 Å². The van der Waals surface area contributed by atoms with Crippen molar-refractivity contribution >= 4 is 38.9 Å². The van der Waals surface area contributed by atoms with Crippen LogP contribution < -0.4 is 10.6 Å². The van der Waals surface area contributed by atoms with Gasteiger partial charge in [-0.25, -0.2) is 0 Å². The van der Waals surface area contributed by atoms with Crippen molar-refractivity contribution in [3.63, 3.8) is 0 Å². The largest absolute Gasteiger partial charge is 0.380 e. The van der Waals surface area contributed by atoms with E-state index >= 15 is 0 Å². The van der Waals surface area contributed by atoms with E-state index in [1.54, 1.807) is 11.3 Å². The van der Waals surface area contributed by atoms with Gasteiger partial charge in [-0.3, -0.25) is 4.79 Å². The van der Waals surface area contributed by atoms with Gasteiger partial charge in [0.15, 0.2) is 0 Å². The Kier molecular flexibility index (Phi) is 5.42. The number of hydrogen-bond acceptors (Lipinski definition) is 3. The van der Waals surface area contributed by atoms with Crippen molar-refractivity contribution in [3.8, 4) is 0 Å². The number of nitrogens with one attached hydrogen (secondary N) is 2. The third-order valence-electron chi connectivity index (χ3n) is 2.92. The van der Waals surface area contributed by atoms with Gasteiger partial charge < -0.3 is 10.6 Å². The van der Waals surface area contributed by atoms with Crippen LogP contribution in [0.25, 0.3) is 0 Å². The van der Waals surface area contributed by atoms with Crippen LogP contribution >= 0.6 is 27.3 Å². The molecular weight excluding hydrogens is 348 g/mol. The van der Waals surface area contributed by atoms with Gasteiger partial charge in [0.05, 0.1) is 0 Å². The van der Waals surface area contributed by atoms with E-state index in [1.165, 1.54) is 9.75 Å². The first-order valence-corrected chi connectivity index (χ1v) is 8.46. The first kappa shape index (κ1) is 16.0. The van der Waals surface area contributed by atoms with E-state index in [4.69, 9.17) is 0 Å². The Bertz CT molecular complexity index is 617. The van der Waals surface area contributed by atoms with Crippen LogP contribution in [0.1, 0.15) is 34.0 Å². The zero-order chi connectivity index (χ0) is 15.4. The monoisotopic (exact) mass is 366 g/mol. The van der Waals surface area contributed by atoms with Crippen molar-refractivity contribution in [2.75, 3.05) is 5.32 Å². The molecule has 0 radical (unpaired) electrons. The fourth-order valence-corrected chi connectivity index (χ4v) is 3.45. The maximum Gasteiger partial charge on any atom is 0.251 e. The zero-order valence-electron chi connectivity index (χ0n) is 12.4. The van der Waals surface area contributed by atoms with Crippen molar-refractivity contribution in [1.29, 1.82) is 0 Å². The summed E-state index contributed by atoms with van der Waals surface area (Å²) in [5.74, 6) is -0.0386. The van der Waals surface area contributed by atoms with Gasteiger partial charge in [0, 0.05) is 38.1 Å². The summed E-state index contributed by atoms with van der Waals surface area (Å²) >= 11 is 5.29. The minimum atomic E-state index is -0.0386. The van der Waals surface area contributed by atoms with Crippen LogP contribution in [0.15, 0.2) is 34.8 Å². The number of anilines is 1. The highest BCUT2D eigenvalue weighted by atomic mass is 79.9. The third-order valence-corrected chi connectivity index (χ3v) is 5.06. The average molecular weight is 367 g/mol. The lowest BCUT2D eigenvalue weighted by atomic mass is 10.1. The number of rotatable bonds is 5. The van der Waals surface area contributed by atoms with Crippen molar-refractivity contribution in [3.05, 3.63) is 50.1 Å². The van der Waals surface area contributed by atoms with Gasteiger partial charge in [-0.15, -0.1) is 11.3 Å². The molecule has 2 N–H and O–H groups in total. The molecule has 21 heavy (non-hydrogen) atoms. The highest BCUT2D eigenvalue weighted by Gasteiger charge is 2.08. The molecule has 0 bridgehead atoms. The van der Waals surface area contributed by atoms with Crippen molar-refractivity contribution in [2.24, 2.45) is 0 Å². The molecule has 0 aliphatic heterocycles. The van der Waals surface area contributed by atoms with Gasteiger partial charge in [-0.05, 0) is 61.0 Å². The Balaban J connectivity index is 2.02. The highest BCUT2D eigenvalue weighted by molar-refractivity contribution is 9.10. The van der Waals surface area contributed by atoms with E-state index < -0.39 is 0 Å². The predicted octanol–water partition coefficient (Wildman–Crippen LogP) is 4.57. The van der Waals surface area contributed by atoms with E-state index in [2.05, 4.69) is 39.6 Å². The fraction of sp³-hybridized carbons (Fsp3) is 0.312. The number of thiophene rings is 1. The summed E-state index contributed by atoms with van der Waals surface area (Å²) in [7, 11) is 0. The molecule has 0 spiro atoms. The lowest BCUT2D eigenvalue weighted by molar-refractivity contribution is 0.0943. The molecule has 1 amide bonds. The molecule has 0 unspecified atom stereocenters. The van der Waals surface area contributed by atoms with Crippen molar-refractivity contribution in [2.45, 2.75) is 33.4 Å². The molecule has 3 nitrogen and oxygen atoms in total. The highest BCUT2D eigenvalue weighted by Crippen LogP contribution is 2.27. The molecular formula is C16H19BrN2OS. The summed E-state index contributed by atoms with van der Waals surface area (Å²) in [6, 6.07) is 9.85. The normalized spacial score (nSPS) is 10.7. The smallest absolute Gasteiger partial charge is 0.251 e. The number of halogens is 1. The molecule has 0 saturated carbocycles. The van der Waals surface area contributed by atoms with Crippen molar-refractivity contribution in [1.82, 2.24) is 5.32 Å². The van der Waals surface area contributed by atoms with Gasteiger partial charge in [0.25, 0.3) is 5.91 Å². The summed E-state index contributed by atoms with van der Waals surface area (Å²) in [4.78, 5) is 14.5. The standard InChI is InChI=1S/C16H19BrN2OS/c1-10(2)19-16(20)12-5-4-6-13(7-12)18-9-14-8-15(17)11(3)21-14/h4-8,10,18H,9H2,1-3H3,(H,19,20). The summed E-state index contributed by atoms with van der Waals surface area (Å²) < 4.78 is 1.15. The third kappa shape index (κ3) is 4.58. The average Bonchev–Trinajstić information content (AvgIpc) is 2.75. The fourth-order valence-electron chi connectivity index (χ4n) is 1.91. The molecule has 0 aliphatic rings. The molecule has 112 valence electrons. The van der Waals surface area contributed by atoms with Crippen LogP contribution in [0.2, 0.25) is 0 Å². The number of benzene rings is 1. The minimum absolute atomic E-state index is 0.0386. The molecule has 0 atom stereocenters. The summed E-state index contributed by atoms with van der Waals surface area (Å²) in [5, 5.41) is 6.26. The van der Waals surface area contributed by atoms with Crippen LogP contribution in [-0.2, 0) is 6.54 Å². The van der Waals surface area contributed by atoms with Gasteiger partial charge in [-0.1, -0.05) is 6.07 Å². The summed E-state index contributed by atoms with van der Waals surface area (Å²) in [6.07, 6.45) is 0. The number of carbonyl (C=O) groups is 1. The van der Waals surface area contributed by atoms with Gasteiger partial charge >= 0.3 is 0 Å². The quantitative estimate of drug-likeness (QED) is 0.813. The van der Waals surface area contributed by atoms with Crippen LogP contribution in [0.5, 0.6) is 0 Å². The number of amides is 1. The molecule has 5 heteroatoms. The molecule has 0 aliphatic carbocycles. The first-order chi connectivity index (χ1) is 9.95. The zero-order valence-corrected chi connectivity index (χ0v) is 14.8. The minimum Gasteiger partial charge on any atom is -0.380 e. The number of aryl methyl sites for hydroxylation is 1. The van der Waals surface area contributed by atoms with Gasteiger partial charge in [0.2, 0.25) is 0 Å². The second kappa shape index (κ2) is 7.09. The van der Waals surface area contributed by atoms with Crippen LogP contribution in [0.4, 0.5) is 5.69 Å². The Morgan fingerprint density at radius 3 is 2.71 bits per heavy atom. The summed E-state index contributed by atoms with van der Waals surface area (Å²) in [6.45, 7) is 6.76. The Morgan fingerprint density at radius 1 is 1.33 bits per heavy atom. The molecule has 2 rings (SSSR count). The van der Waals surface area contributed by atoms with Crippen LogP contribution in [0, 0.1) is 6.92 Å². The lowest BCUT2D eigenvalue weighted by Crippen LogP contribution is -2.30. The number of hydrogen-bond donors (Lipinski definition) is 2. The maximum absolute atomic E-state index is 12.0. The van der Waals surface area contributed by atoms with E-state index in [0.29, 0.717) is 5.56 Å². The Hall–Kier alpha value is -1.33. The molecule has 0 saturated heterocycles. The lowest BCUT2D eigenvalue weighted by Gasteiger charge is -2.10. The van der Waals surface area contributed by atoms with E-state index in [-0.39, 0.29) is 11.9 Å². The molecule has 1 aromatic carbocycles. The topological polar surface area (TPSA) is 41.1 Å².